The van der Waals surface area contributed by atoms with Crippen LogP contribution in [0.2, 0.25) is 0 Å². The number of nitrogens with zero attached hydrogens (tertiary/aromatic N) is 1. The largest absolute Gasteiger partial charge is 0.296 e. The highest BCUT2D eigenvalue weighted by atomic mass is 15.2. The van der Waals surface area contributed by atoms with Crippen LogP contribution < -0.4 is 0 Å². The highest BCUT2D eigenvalue weighted by Gasteiger charge is 2.43. The van der Waals surface area contributed by atoms with Crippen LogP contribution in [0.3, 0.4) is 0 Å². The molecular weight excluding hydrogens is 134 g/mol. The normalized spacial score (nSPS) is 21.3. The highest BCUT2D eigenvalue weighted by molar-refractivity contribution is 5.00. The third-order valence-corrected chi connectivity index (χ3v) is 2.75. The van der Waals surface area contributed by atoms with Crippen LogP contribution in [0.25, 0.3) is 0 Å². The molecule has 0 saturated heterocycles. The quantitative estimate of drug-likeness (QED) is 0.603. The lowest BCUT2D eigenvalue weighted by Gasteiger charge is -2.32. The standard InChI is InChI=1S/C10H21N/c1-5-8-11(9(2)3)10(4)6-7-10/h9H,5-8H2,1-4H3. The van der Waals surface area contributed by atoms with Gasteiger partial charge in [0.05, 0.1) is 0 Å². The van der Waals surface area contributed by atoms with Gasteiger partial charge in [0.25, 0.3) is 0 Å². The van der Waals surface area contributed by atoms with Crippen LogP contribution in [-0.4, -0.2) is 23.0 Å². The minimum atomic E-state index is 0.574. The van der Waals surface area contributed by atoms with Gasteiger partial charge in [-0.05, 0) is 46.6 Å². The Morgan fingerprint density at radius 1 is 1.36 bits per heavy atom. The summed E-state index contributed by atoms with van der Waals surface area (Å²) in [6, 6.07) is 0.724. The van der Waals surface area contributed by atoms with E-state index >= 15 is 0 Å². The first kappa shape index (κ1) is 9.05. The van der Waals surface area contributed by atoms with Crippen molar-refractivity contribution >= 4 is 0 Å². The summed E-state index contributed by atoms with van der Waals surface area (Å²) in [5, 5.41) is 0. The molecule has 1 nitrogen and oxygen atoms in total. The molecule has 1 aliphatic carbocycles. The molecule has 0 N–H and O–H groups in total. The molecule has 0 aromatic carbocycles. The van der Waals surface area contributed by atoms with Gasteiger partial charge < -0.3 is 0 Å². The molecule has 0 aromatic rings. The topological polar surface area (TPSA) is 3.24 Å². The minimum Gasteiger partial charge on any atom is -0.296 e. The predicted octanol–water partition coefficient (Wildman–Crippen LogP) is 2.66. The Labute approximate surface area is 70.8 Å². The molecule has 66 valence electrons. The van der Waals surface area contributed by atoms with Crippen LogP contribution in [0.15, 0.2) is 0 Å². The van der Waals surface area contributed by atoms with Crippen molar-refractivity contribution in [1.82, 2.24) is 4.90 Å². The summed E-state index contributed by atoms with van der Waals surface area (Å²) in [7, 11) is 0. The predicted molar refractivity (Wildman–Crippen MR) is 49.8 cm³/mol. The minimum absolute atomic E-state index is 0.574. The molecule has 1 aliphatic rings. The molecule has 0 amide bonds. The van der Waals surface area contributed by atoms with Crippen LogP contribution in [0, 0.1) is 0 Å². The van der Waals surface area contributed by atoms with Crippen LogP contribution in [-0.2, 0) is 0 Å². The maximum atomic E-state index is 2.65. The average Bonchev–Trinajstić information content (AvgIpc) is 2.63. The van der Waals surface area contributed by atoms with Gasteiger partial charge in [-0.2, -0.15) is 0 Å². The Morgan fingerprint density at radius 2 is 1.91 bits per heavy atom. The van der Waals surface area contributed by atoms with Crippen molar-refractivity contribution in [2.75, 3.05) is 6.54 Å². The fraction of sp³-hybridized carbons (Fsp3) is 1.00. The smallest absolute Gasteiger partial charge is 0.0185 e. The van der Waals surface area contributed by atoms with E-state index in [-0.39, 0.29) is 0 Å². The average molecular weight is 155 g/mol. The molecule has 0 unspecified atom stereocenters. The summed E-state index contributed by atoms with van der Waals surface area (Å²) in [6.45, 7) is 10.5. The van der Waals surface area contributed by atoms with E-state index in [1.54, 1.807) is 0 Å². The SMILES string of the molecule is CCCN(C(C)C)C1(C)CC1. The monoisotopic (exact) mass is 155 g/mol. The van der Waals surface area contributed by atoms with E-state index in [4.69, 9.17) is 0 Å². The lowest BCUT2D eigenvalue weighted by Crippen LogP contribution is -2.40. The summed E-state index contributed by atoms with van der Waals surface area (Å²) in [6.07, 6.45) is 4.10. The fourth-order valence-electron chi connectivity index (χ4n) is 1.86. The molecule has 0 heterocycles. The first-order valence-electron chi connectivity index (χ1n) is 4.87. The lowest BCUT2D eigenvalue weighted by molar-refractivity contribution is 0.147. The third-order valence-electron chi connectivity index (χ3n) is 2.75. The number of hydrogen-bond donors (Lipinski definition) is 0. The van der Waals surface area contributed by atoms with Gasteiger partial charge in [0, 0.05) is 11.6 Å². The summed E-state index contributed by atoms with van der Waals surface area (Å²) in [4.78, 5) is 2.65. The Morgan fingerprint density at radius 3 is 2.18 bits per heavy atom. The molecule has 1 saturated carbocycles. The molecule has 0 aromatic heterocycles. The van der Waals surface area contributed by atoms with Crippen LogP contribution >= 0.6 is 0 Å². The summed E-state index contributed by atoms with van der Waals surface area (Å²) in [5.41, 5.74) is 0.574. The Bertz CT molecular complexity index is 125. The van der Waals surface area contributed by atoms with E-state index in [9.17, 15) is 0 Å². The molecule has 1 fully saturated rings. The van der Waals surface area contributed by atoms with E-state index < -0.39 is 0 Å². The summed E-state index contributed by atoms with van der Waals surface area (Å²) in [5.74, 6) is 0. The molecule has 0 atom stereocenters. The van der Waals surface area contributed by atoms with E-state index in [2.05, 4.69) is 32.6 Å². The molecule has 0 radical (unpaired) electrons. The maximum absolute atomic E-state index is 2.65. The number of rotatable bonds is 4. The zero-order chi connectivity index (χ0) is 8.48. The third kappa shape index (κ3) is 1.96. The molecule has 0 bridgehead atoms. The van der Waals surface area contributed by atoms with Gasteiger partial charge in [-0.1, -0.05) is 6.92 Å². The summed E-state index contributed by atoms with van der Waals surface area (Å²) >= 11 is 0. The first-order valence-corrected chi connectivity index (χ1v) is 4.87. The molecule has 1 heteroatoms. The molecule has 11 heavy (non-hydrogen) atoms. The lowest BCUT2D eigenvalue weighted by atomic mass is 10.2. The zero-order valence-corrected chi connectivity index (χ0v) is 8.35. The molecule has 0 aliphatic heterocycles. The summed E-state index contributed by atoms with van der Waals surface area (Å²) < 4.78 is 0. The van der Waals surface area contributed by atoms with Crippen molar-refractivity contribution in [3.63, 3.8) is 0 Å². The van der Waals surface area contributed by atoms with Crippen LogP contribution in [0.5, 0.6) is 0 Å². The van der Waals surface area contributed by atoms with Crippen molar-refractivity contribution in [2.24, 2.45) is 0 Å². The van der Waals surface area contributed by atoms with Crippen molar-refractivity contribution in [3.8, 4) is 0 Å². The van der Waals surface area contributed by atoms with E-state index in [1.165, 1.54) is 25.8 Å². The van der Waals surface area contributed by atoms with E-state index in [0.29, 0.717) is 5.54 Å². The van der Waals surface area contributed by atoms with Gasteiger partial charge >= 0.3 is 0 Å². The second kappa shape index (κ2) is 3.14. The molecule has 0 spiro atoms. The van der Waals surface area contributed by atoms with Crippen LogP contribution in [0.4, 0.5) is 0 Å². The maximum Gasteiger partial charge on any atom is 0.0185 e. The molecular formula is C10H21N. The van der Waals surface area contributed by atoms with Crippen molar-refractivity contribution in [1.29, 1.82) is 0 Å². The van der Waals surface area contributed by atoms with Gasteiger partial charge in [-0.3, -0.25) is 4.90 Å². The van der Waals surface area contributed by atoms with Gasteiger partial charge in [0.15, 0.2) is 0 Å². The van der Waals surface area contributed by atoms with Gasteiger partial charge in [0.2, 0.25) is 0 Å². The molecule has 1 rings (SSSR count). The number of hydrogen-bond acceptors (Lipinski definition) is 1. The van der Waals surface area contributed by atoms with Gasteiger partial charge in [-0.15, -0.1) is 0 Å². The first-order chi connectivity index (χ1) is 5.10. The van der Waals surface area contributed by atoms with Crippen LogP contribution in [0.1, 0.15) is 47.0 Å². The van der Waals surface area contributed by atoms with Gasteiger partial charge in [0.1, 0.15) is 0 Å². The van der Waals surface area contributed by atoms with E-state index in [0.717, 1.165) is 6.04 Å². The van der Waals surface area contributed by atoms with Crippen molar-refractivity contribution < 1.29 is 0 Å². The second-order valence-electron chi connectivity index (χ2n) is 4.28. The van der Waals surface area contributed by atoms with Gasteiger partial charge in [-0.25, -0.2) is 0 Å². The second-order valence-corrected chi connectivity index (χ2v) is 4.28. The highest BCUT2D eigenvalue weighted by Crippen LogP contribution is 2.42. The fourth-order valence-corrected chi connectivity index (χ4v) is 1.86. The Hall–Kier alpha value is -0.0400. The Kier molecular flexibility index (Phi) is 2.58. The van der Waals surface area contributed by atoms with E-state index in [1.807, 2.05) is 0 Å². The zero-order valence-electron chi connectivity index (χ0n) is 8.35. The van der Waals surface area contributed by atoms with Crippen molar-refractivity contribution in [3.05, 3.63) is 0 Å². The van der Waals surface area contributed by atoms with Crippen molar-refractivity contribution in [2.45, 2.75) is 58.5 Å². The Balaban J connectivity index is 2.45.